The molecule has 0 radical (unpaired) electrons. The van der Waals surface area contributed by atoms with Gasteiger partial charge in [-0.05, 0) is 58.1 Å². The second-order valence-electron chi connectivity index (χ2n) is 5.92. The largest absolute Gasteiger partial charge is 0.345 e. The fourth-order valence-electron chi connectivity index (χ4n) is 3.18. The van der Waals surface area contributed by atoms with Crippen LogP contribution < -0.4 is 5.32 Å². The van der Waals surface area contributed by atoms with Crippen LogP contribution in [0.15, 0.2) is 65.4 Å². The van der Waals surface area contributed by atoms with Gasteiger partial charge in [-0.25, -0.2) is 4.68 Å². The maximum atomic E-state index is 12.6. The number of carbonyl (C=O) groups is 1. The van der Waals surface area contributed by atoms with Crippen LogP contribution in [0.5, 0.6) is 0 Å². The molecule has 0 spiro atoms. The third-order valence-electron chi connectivity index (χ3n) is 4.36. The summed E-state index contributed by atoms with van der Waals surface area (Å²) in [4.78, 5) is 12.6. The number of fused-ring (bicyclic) bond motifs is 1. The number of aromatic nitrogens is 2. The van der Waals surface area contributed by atoms with Crippen LogP contribution in [-0.4, -0.2) is 15.7 Å². The highest BCUT2D eigenvalue weighted by Gasteiger charge is 2.23. The zero-order valence-electron chi connectivity index (χ0n) is 12.9. The Morgan fingerprint density at radius 3 is 2.92 bits per heavy atom. The van der Waals surface area contributed by atoms with Gasteiger partial charge in [0.05, 0.1) is 22.4 Å². The minimum atomic E-state index is -0.0511. The first kappa shape index (κ1) is 15.1. The normalized spacial score (nSPS) is 16.0. The predicted octanol–water partition coefficient (Wildman–Crippen LogP) is 4.05. The van der Waals surface area contributed by atoms with E-state index in [9.17, 15) is 4.79 Å². The van der Waals surface area contributed by atoms with Crippen molar-refractivity contribution in [2.24, 2.45) is 0 Å². The van der Waals surface area contributed by atoms with Gasteiger partial charge in [-0.2, -0.15) is 5.10 Å². The maximum Gasteiger partial charge on any atom is 0.251 e. The van der Waals surface area contributed by atoms with Crippen molar-refractivity contribution < 1.29 is 4.79 Å². The van der Waals surface area contributed by atoms with Crippen molar-refractivity contribution in [1.29, 1.82) is 0 Å². The quantitative estimate of drug-likeness (QED) is 0.743. The minimum absolute atomic E-state index is 0.0511. The molecule has 1 aliphatic carbocycles. The molecular weight excluding hydrogens is 366 g/mol. The smallest absolute Gasteiger partial charge is 0.251 e. The molecule has 0 saturated carbocycles. The summed E-state index contributed by atoms with van der Waals surface area (Å²) in [5.41, 5.74) is 4.07. The van der Waals surface area contributed by atoms with Crippen LogP contribution in [-0.2, 0) is 6.42 Å². The van der Waals surface area contributed by atoms with E-state index in [2.05, 4.69) is 44.5 Å². The molecule has 0 saturated heterocycles. The molecule has 4 nitrogen and oxygen atoms in total. The van der Waals surface area contributed by atoms with Crippen LogP contribution >= 0.6 is 15.9 Å². The Morgan fingerprint density at radius 2 is 2.08 bits per heavy atom. The van der Waals surface area contributed by atoms with E-state index in [4.69, 9.17) is 0 Å². The molecule has 3 aromatic rings. The van der Waals surface area contributed by atoms with Gasteiger partial charge in [0.2, 0.25) is 0 Å². The molecule has 0 unspecified atom stereocenters. The highest BCUT2D eigenvalue weighted by atomic mass is 79.9. The van der Waals surface area contributed by atoms with Gasteiger partial charge in [-0.1, -0.05) is 30.3 Å². The number of rotatable bonds is 3. The van der Waals surface area contributed by atoms with Gasteiger partial charge >= 0.3 is 0 Å². The summed E-state index contributed by atoms with van der Waals surface area (Å²) in [6.07, 6.45) is 5.56. The third kappa shape index (κ3) is 2.87. The summed E-state index contributed by atoms with van der Waals surface area (Å²) < 4.78 is 2.64. The van der Waals surface area contributed by atoms with Crippen molar-refractivity contribution in [3.63, 3.8) is 0 Å². The third-order valence-corrected chi connectivity index (χ3v) is 4.77. The Labute approximate surface area is 148 Å². The molecule has 0 aliphatic heterocycles. The number of hydrogen-bond acceptors (Lipinski definition) is 2. The molecule has 120 valence electrons. The number of halogens is 1. The molecule has 0 fully saturated rings. The summed E-state index contributed by atoms with van der Waals surface area (Å²) in [7, 11) is 0. The van der Waals surface area contributed by atoms with E-state index in [1.807, 2.05) is 36.5 Å². The lowest BCUT2D eigenvalue weighted by molar-refractivity contribution is 0.0936. The Balaban J connectivity index is 1.55. The summed E-state index contributed by atoms with van der Waals surface area (Å²) in [6, 6.07) is 15.9. The fraction of sp³-hybridized carbons (Fsp3) is 0.158. The zero-order valence-corrected chi connectivity index (χ0v) is 14.5. The van der Waals surface area contributed by atoms with Crippen LogP contribution in [0.2, 0.25) is 0 Å². The first-order valence-corrected chi connectivity index (χ1v) is 8.69. The van der Waals surface area contributed by atoms with Crippen LogP contribution in [0.1, 0.15) is 33.9 Å². The van der Waals surface area contributed by atoms with Crippen molar-refractivity contribution in [3.8, 4) is 5.69 Å². The van der Waals surface area contributed by atoms with E-state index in [0.717, 1.165) is 23.0 Å². The maximum absolute atomic E-state index is 12.6. The van der Waals surface area contributed by atoms with Crippen LogP contribution in [0.3, 0.4) is 0 Å². The lowest BCUT2D eigenvalue weighted by Gasteiger charge is -2.14. The van der Waals surface area contributed by atoms with Gasteiger partial charge < -0.3 is 5.32 Å². The number of carbonyl (C=O) groups excluding carboxylic acids is 1. The molecule has 2 aromatic carbocycles. The monoisotopic (exact) mass is 381 g/mol. The zero-order chi connectivity index (χ0) is 16.5. The molecule has 1 aromatic heterocycles. The fourth-order valence-corrected chi connectivity index (χ4v) is 3.47. The van der Waals surface area contributed by atoms with Gasteiger partial charge in [0.25, 0.3) is 5.91 Å². The van der Waals surface area contributed by atoms with E-state index in [-0.39, 0.29) is 11.9 Å². The molecule has 4 rings (SSSR count). The van der Waals surface area contributed by atoms with E-state index in [1.165, 1.54) is 11.1 Å². The van der Waals surface area contributed by atoms with Gasteiger partial charge in [-0.3, -0.25) is 4.79 Å². The van der Waals surface area contributed by atoms with Crippen molar-refractivity contribution in [2.75, 3.05) is 0 Å². The summed E-state index contributed by atoms with van der Waals surface area (Å²) in [5, 5.41) is 7.41. The molecule has 1 amide bonds. The van der Waals surface area contributed by atoms with Crippen molar-refractivity contribution in [2.45, 2.75) is 18.9 Å². The standard InChI is InChI=1S/C19H16BrN3O/c20-15-11-21-23(12-15)16-6-3-5-14(10-16)19(24)22-18-9-8-13-4-1-2-7-17(13)18/h1-7,10-12,18H,8-9H2,(H,22,24)/t18-/m1/s1. The SMILES string of the molecule is O=C(N[C@@H]1CCc2ccccc21)c1cccc(-n2cc(Br)cn2)c1. The van der Waals surface area contributed by atoms with Crippen LogP contribution in [0.25, 0.3) is 5.69 Å². The van der Waals surface area contributed by atoms with Gasteiger partial charge in [0.1, 0.15) is 0 Å². The Bertz CT molecular complexity index is 903. The second-order valence-corrected chi connectivity index (χ2v) is 6.83. The van der Waals surface area contributed by atoms with E-state index in [0.29, 0.717) is 5.56 Å². The molecule has 0 bridgehead atoms. The molecule has 1 heterocycles. The average molecular weight is 382 g/mol. The molecule has 24 heavy (non-hydrogen) atoms. The van der Waals surface area contributed by atoms with Gasteiger partial charge in [0, 0.05) is 11.8 Å². The molecule has 1 N–H and O–H groups in total. The molecule has 1 atom stereocenters. The van der Waals surface area contributed by atoms with Crippen molar-refractivity contribution in [1.82, 2.24) is 15.1 Å². The highest BCUT2D eigenvalue weighted by molar-refractivity contribution is 9.10. The Morgan fingerprint density at radius 1 is 1.21 bits per heavy atom. The van der Waals surface area contributed by atoms with Gasteiger partial charge in [0.15, 0.2) is 0 Å². The minimum Gasteiger partial charge on any atom is -0.345 e. The number of aryl methyl sites for hydroxylation is 1. The predicted molar refractivity (Wildman–Crippen MR) is 96.2 cm³/mol. The second kappa shape index (κ2) is 6.24. The highest BCUT2D eigenvalue weighted by Crippen LogP contribution is 2.30. The summed E-state index contributed by atoms with van der Waals surface area (Å²) >= 11 is 3.39. The average Bonchev–Trinajstić information content (AvgIpc) is 3.22. The molecule has 5 heteroatoms. The van der Waals surface area contributed by atoms with Crippen molar-refractivity contribution >= 4 is 21.8 Å². The van der Waals surface area contributed by atoms with E-state index >= 15 is 0 Å². The van der Waals surface area contributed by atoms with Crippen LogP contribution in [0.4, 0.5) is 0 Å². The topological polar surface area (TPSA) is 46.9 Å². The molecular formula is C19H16BrN3O. The Hall–Kier alpha value is -2.40. The lowest BCUT2D eigenvalue weighted by atomic mass is 10.1. The lowest BCUT2D eigenvalue weighted by Crippen LogP contribution is -2.27. The summed E-state index contributed by atoms with van der Waals surface area (Å²) in [5.74, 6) is -0.0511. The van der Waals surface area contributed by atoms with Crippen molar-refractivity contribution in [3.05, 3.63) is 82.1 Å². The number of hydrogen-bond donors (Lipinski definition) is 1. The Kier molecular flexibility index (Phi) is 3.94. The van der Waals surface area contributed by atoms with Crippen LogP contribution in [0, 0.1) is 0 Å². The van der Waals surface area contributed by atoms with E-state index in [1.54, 1.807) is 10.9 Å². The molecule has 1 aliphatic rings. The number of nitrogens with zero attached hydrogens (tertiary/aromatic N) is 2. The summed E-state index contributed by atoms with van der Waals surface area (Å²) in [6.45, 7) is 0. The number of benzene rings is 2. The van der Waals surface area contributed by atoms with E-state index < -0.39 is 0 Å². The first-order valence-electron chi connectivity index (χ1n) is 7.90. The first-order chi connectivity index (χ1) is 11.7. The number of nitrogens with one attached hydrogen (secondary N) is 1. The van der Waals surface area contributed by atoms with Gasteiger partial charge in [-0.15, -0.1) is 0 Å². The number of amides is 1.